The minimum Gasteiger partial charge on any atom is -0.353 e. The van der Waals surface area contributed by atoms with Crippen LogP contribution in [0.3, 0.4) is 0 Å². The van der Waals surface area contributed by atoms with Crippen molar-refractivity contribution in [3.8, 4) is 0 Å². The Morgan fingerprint density at radius 2 is 1.79 bits per heavy atom. The second-order valence-corrected chi connectivity index (χ2v) is 7.46. The third kappa shape index (κ3) is 4.41. The molecule has 2 aromatic rings. The van der Waals surface area contributed by atoms with E-state index in [1.165, 1.54) is 12.1 Å². The summed E-state index contributed by atoms with van der Waals surface area (Å²) in [5, 5.41) is 3.01. The molecule has 0 bridgehead atoms. The van der Waals surface area contributed by atoms with Gasteiger partial charge in [-0.25, -0.2) is 4.39 Å². The van der Waals surface area contributed by atoms with Crippen molar-refractivity contribution in [1.82, 2.24) is 10.2 Å². The fraction of sp³-hybridized carbons (Fsp3) is 0.391. The van der Waals surface area contributed by atoms with Gasteiger partial charge in [-0.15, -0.1) is 0 Å². The first-order valence-corrected chi connectivity index (χ1v) is 9.92. The van der Waals surface area contributed by atoms with Crippen LogP contribution in [0.1, 0.15) is 55.1 Å². The second-order valence-electron chi connectivity index (χ2n) is 7.46. The minimum atomic E-state index is -0.537. The molecule has 1 fully saturated rings. The number of hydrogen-bond acceptors (Lipinski definition) is 2. The molecule has 1 aliphatic rings. The van der Waals surface area contributed by atoms with Crippen LogP contribution in [0.15, 0.2) is 54.6 Å². The number of amides is 2. The highest BCUT2D eigenvalue weighted by Gasteiger charge is 2.36. The summed E-state index contributed by atoms with van der Waals surface area (Å²) in [6.45, 7) is 4.27. The van der Waals surface area contributed by atoms with Crippen LogP contribution in [-0.4, -0.2) is 29.3 Å². The van der Waals surface area contributed by atoms with E-state index in [1.807, 2.05) is 44.2 Å². The van der Waals surface area contributed by atoms with Crippen LogP contribution in [-0.2, 0) is 4.79 Å². The molecule has 3 atom stereocenters. The van der Waals surface area contributed by atoms with Gasteiger partial charge in [0.15, 0.2) is 0 Å². The lowest BCUT2D eigenvalue weighted by atomic mass is 9.87. The Hall–Kier alpha value is -2.69. The highest BCUT2D eigenvalue weighted by atomic mass is 19.1. The zero-order valence-electron chi connectivity index (χ0n) is 16.4. The molecule has 4 nitrogen and oxygen atoms in total. The third-order valence-corrected chi connectivity index (χ3v) is 5.50. The second kappa shape index (κ2) is 9.00. The van der Waals surface area contributed by atoms with Gasteiger partial charge in [0.2, 0.25) is 5.91 Å². The van der Waals surface area contributed by atoms with Gasteiger partial charge in [-0.05, 0) is 43.9 Å². The molecule has 3 rings (SSSR count). The maximum Gasteiger partial charge on any atom is 0.257 e. The summed E-state index contributed by atoms with van der Waals surface area (Å²) in [6.07, 6.45) is 2.22. The quantitative estimate of drug-likeness (QED) is 0.837. The lowest BCUT2D eigenvalue weighted by molar-refractivity contribution is -0.127. The first-order valence-electron chi connectivity index (χ1n) is 9.92. The van der Waals surface area contributed by atoms with Crippen molar-refractivity contribution in [2.75, 3.05) is 6.54 Å². The van der Waals surface area contributed by atoms with E-state index in [9.17, 15) is 14.0 Å². The molecule has 1 N–H and O–H groups in total. The maximum absolute atomic E-state index is 14.3. The minimum absolute atomic E-state index is 0.0350. The van der Waals surface area contributed by atoms with Gasteiger partial charge in [-0.3, -0.25) is 9.59 Å². The topological polar surface area (TPSA) is 49.4 Å². The van der Waals surface area contributed by atoms with Crippen molar-refractivity contribution in [2.45, 2.75) is 45.2 Å². The maximum atomic E-state index is 14.3. The van der Waals surface area contributed by atoms with Crippen molar-refractivity contribution in [1.29, 1.82) is 0 Å². The fourth-order valence-electron chi connectivity index (χ4n) is 3.68. The molecule has 1 saturated heterocycles. The number of rotatable bonds is 5. The van der Waals surface area contributed by atoms with E-state index < -0.39 is 5.82 Å². The van der Waals surface area contributed by atoms with Gasteiger partial charge >= 0.3 is 0 Å². The standard InChI is InChI=1S/C23H27FN2O2/c1-3-16(2)25-22(27)18-13-14-21(17-9-5-4-6-10-17)26(15-18)23(28)19-11-7-8-12-20(19)24/h4-12,16,18,21H,3,13-15H2,1-2H3,(H,25,27)/t16-,18-,21+/m0/s1. The monoisotopic (exact) mass is 382 g/mol. The van der Waals surface area contributed by atoms with Crippen molar-refractivity contribution in [3.63, 3.8) is 0 Å². The molecule has 0 aromatic heterocycles. The Morgan fingerprint density at radius 3 is 2.46 bits per heavy atom. The smallest absolute Gasteiger partial charge is 0.257 e. The van der Waals surface area contributed by atoms with Gasteiger partial charge in [-0.1, -0.05) is 49.4 Å². The molecule has 0 radical (unpaired) electrons. The van der Waals surface area contributed by atoms with Crippen LogP contribution in [0.4, 0.5) is 4.39 Å². The molecule has 5 heteroatoms. The predicted octanol–water partition coefficient (Wildman–Crippen LogP) is 4.33. The summed E-state index contributed by atoms with van der Waals surface area (Å²) in [6, 6.07) is 15.7. The third-order valence-electron chi connectivity index (χ3n) is 5.50. The van der Waals surface area contributed by atoms with Crippen LogP contribution in [0.25, 0.3) is 0 Å². The van der Waals surface area contributed by atoms with Crippen LogP contribution in [0.2, 0.25) is 0 Å². The van der Waals surface area contributed by atoms with E-state index in [0.717, 1.165) is 12.0 Å². The van der Waals surface area contributed by atoms with Gasteiger partial charge < -0.3 is 10.2 Å². The molecular formula is C23H27FN2O2. The normalized spacial score (nSPS) is 20.5. The SMILES string of the molecule is CC[C@H](C)NC(=O)[C@H]1CC[C@H](c2ccccc2)N(C(=O)c2ccccc2F)C1. The zero-order valence-corrected chi connectivity index (χ0v) is 16.4. The first kappa shape index (κ1) is 20.1. The molecule has 0 spiro atoms. The summed E-state index contributed by atoms with van der Waals surface area (Å²) >= 11 is 0. The number of piperidine rings is 1. The average molecular weight is 382 g/mol. The largest absolute Gasteiger partial charge is 0.353 e. The first-order chi connectivity index (χ1) is 13.5. The van der Waals surface area contributed by atoms with Crippen molar-refractivity contribution < 1.29 is 14.0 Å². The molecule has 1 heterocycles. The number of nitrogens with one attached hydrogen (secondary N) is 1. The molecule has 0 saturated carbocycles. The Kier molecular flexibility index (Phi) is 6.45. The number of halogens is 1. The van der Waals surface area contributed by atoms with E-state index in [4.69, 9.17) is 0 Å². The highest BCUT2D eigenvalue weighted by Crippen LogP contribution is 2.35. The lowest BCUT2D eigenvalue weighted by Crippen LogP contribution is -2.48. The Bertz CT molecular complexity index is 824. The summed E-state index contributed by atoms with van der Waals surface area (Å²) in [5.41, 5.74) is 1.05. The summed E-state index contributed by atoms with van der Waals surface area (Å²) in [4.78, 5) is 27.5. The summed E-state index contributed by atoms with van der Waals surface area (Å²) in [5.74, 6) is -1.23. The summed E-state index contributed by atoms with van der Waals surface area (Å²) in [7, 11) is 0. The van der Waals surface area contributed by atoms with Gasteiger partial charge in [0.05, 0.1) is 17.5 Å². The Labute approximate surface area is 165 Å². The van der Waals surface area contributed by atoms with Gasteiger partial charge in [0.1, 0.15) is 5.82 Å². The zero-order chi connectivity index (χ0) is 20.1. The highest BCUT2D eigenvalue weighted by molar-refractivity contribution is 5.95. The number of likely N-dealkylation sites (tertiary alicyclic amines) is 1. The molecule has 0 unspecified atom stereocenters. The predicted molar refractivity (Wildman–Crippen MR) is 107 cm³/mol. The van der Waals surface area contributed by atoms with E-state index in [2.05, 4.69) is 5.32 Å². The molecule has 1 aliphatic heterocycles. The fourth-order valence-corrected chi connectivity index (χ4v) is 3.68. The van der Waals surface area contributed by atoms with Gasteiger partial charge in [0, 0.05) is 12.6 Å². The Balaban J connectivity index is 1.88. The van der Waals surface area contributed by atoms with E-state index in [1.54, 1.807) is 17.0 Å². The number of benzene rings is 2. The van der Waals surface area contributed by atoms with Crippen LogP contribution in [0.5, 0.6) is 0 Å². The molecule has 28 heavy (non-hydrogen) atoms. The molecule has 2 amide bonds. The molecule has 2 aromatic carbocycles. The van der Waals surface area contributed by atoms with Gasteiger partial charge in [-0.2, -0.15) is 0 Å². The van der Waals surface area contributed by atoms with Crippen LogP contribution in [0, 0.1) is 11.7 Å². The number of nitrogens with zero attached hydrogens (tertiary/aromatic N) is 1. The number of carbonyl (C=O) groups excluding carboxylic acids is 2. The van der Waals surface area contributed by atoms with Crippen LogP contribution >= 0.6 is 0 Å². The van der Waals surface area contributed by atoms with E-state index in [-0.39, 0.29) is 41.9 Å². The van der Waals surface area contributed by atoms with Crippen molar-refractivity contribution in [3.05, 3.63) is 71.5 Å². The van der Waals surface area contributed by atoms with Crippen molar-refractivity contribution >= 4 is 11.8 Å². The number of hydrogen-bond donors (Lipinski definition) is 1. The average Bonchev–Trinajstić information content (AvgIpc) is 2.73. The Morgan fingerprint density at radius 1 is 1.11 bits per heavy atom. The van der Waals surface area contributed by atoms with Crippen molar-refractivity contribution in [2.24, 2.45) is 5.92 Å². The van der Waals surface area contributed by atoms with Crippen LogP contribution < -0.4 is 5.32 Å². The summed E-state index contributed by atoms with van der Waals surface area (Å²) < 4.78 is 14.3. The molecule has 0 aliphatic carbocycles. The van der Waals surface area contributed by atoms with E-state index in [0.29, 0.717) is 12.8 Å². The van der Waals surface area contributed by atoms with Gasteiger partial charge in [0.25, 0.3) is 5.91 Å². The lowest BCUT2D eigenvalue weighted by Gasteiger charge is -2.40. The number of carbonyl (C=O) groups is 2. The van der Waals surface area contributed by atoms with E-state index >= 15 is 0 Å². The molecule has 148 valence electrons. The molecular weight excluding hydrogens is 355 g/mol.